The summed E-state index contributed by atoms with van der Waals surface area (Å²) in [7, 11) is 0. The van der Waals surface area contributed by atoms with Crippen molar-refractivity contribution in [1.82, 2.24) is 4.98 Å². The van der Waals surface area contributed by atoms with Gasteiger partial charge in [0.25, 0.3) is 0 Å². The maximum atomic E-state index is 12.1. The molecule has 0 unspecified atom stereocenters. The minimum Gasteiger partial charge on any atom is -0.480 e. The number of carbonyl (C=O) groups is 3. The molecule has 0 saturated heterocycles. The van der Waals surface area contributed by atoms with Gasteiger partial charge in [0.05, 0.1) is 5.69 Å². The number of aromatic amines is 1. The van der Waals surface area contributed by atoms with E-state index in [1.807, 2.05) is 0 Å². The van der Waals surface area contributed by atoms with Gasteiger partial charge in [-0.15, -0.1) is 0 Å². The van der Waals surface area contributed by atoms with E-state index in [4.69, 9.17) is 10.2 Å². The fraction of sp³-hybridized carbons (Fsp3) is 0.0714. The van der Waals surface area contributed by atoms with Crippen molar-refractivity contribution in [3.8, 4) is 0 Å². The van der Waals surface area contributed by atoms with Gasteiger partial charge in [0.2, 0.25) is 5.78 Å². The van der Waals surface area contributed by atoms with Crippen LogP contribution in [0.4, 0.5) is 0 Å². The van der Waals surface area contributed by atoms with Crippen molar-refractivity contribution in [3.63, 3.8) is 0 Å². The van der Waals surface area contributed by atoms with Crippen molar-refractivity contribution < 1.29 is 24.6 Å². The molecule has 6 heteroatoms. The number of aliphatic carboxylic acids is 2. The predicted molar refractivity (Wildman–Crippen MR) is 68.7 cm³/mol. The Balaban J connectivity index is 2.32. The molecular formula is C14H11NO5. The molecule has 0 fully saturated rings. The van der Waals surface area contributed by atoms with Gasteiger partial charge in [-0.25, -0.2) is 0 Å². The lowest BCUT2D eigenvalue weighted by Gasteiger charge is -2.04. The van der Waals surface area contributed by atoms with Crippen LogP contribution in [0.25, 0.3) is 0 Å². The molecule has 0 saturated carbocycles. The van der Waals surface area contributed by atoms with Gasteiger partial charge in [-0.2, -0.15) is 0 Å². The molecule has 1 aromatic carbocycles. The topological polar surface area (TPSA) is 107 Å². The number of benzene rings is 1. The van der Waals surface area contributed by atoms with Crippen molar-refractivity contribution in [3.05, 3.63) is 59.4 Å². The first-order valence-corrected chi connectivity index (χ1v) is 5.75. The highest BCUT2D eigenvalue weighted by molar-refractivity contribution is 6.08. The molecule has 2 aromatic rings. The van der Waals surface area contributed by atoms with Crippen molar-refractivity contribution in [2.45, 2.75) is 5.92 Å². The molecule has 1 aromatic heterocycles. The molecule has 0 aliphatic carbocycles. The number of nitrogens with one attached hydrogen (secondary N) is 1. The van der Waals surface area contributed by atoms with Crippen molar-refractivity contribution in [2.24, 2.45) is 0 Å². The van der Waals surface area contributed by atoms with Crippen molar-refractivity contribution in [1.29, 1.82) is 0 Å². The molecule has 0 radical (unpaired) electrons. The quantitative estimate of drug-likeness (QED) is 0.565. The van der Waals surface area contributed by atoms with Crippen LogP contribution in [0.15, 0.2) is 42.5 Å². The van der Waals surface area contributed by atoms with Crippen LogP contribution in [0, 0.1) is 0 Å². The molecule has 102 valence electrons. The second-order valence-electron chi connectivity index (χ2n) is 4.13. The van der Waals surface area contributed by atoms with E-state index in [-0.39, 0.29) is 17.2 Å². The van der Waals surface area contributed by atoms with E-state index in [0.717, 1.165) is 0 Å². The number of carboxylic acid groups (broad SMARTS) is 2. The first kappa shape index (κ1) is 13.5. The highest BCUT2D eigenvalue weighted by Gasteiger charge is 2.29. The van der Waals surface area contributed by atoms with Crippen LogP contribution in [-0.2, 0) is 9.59 Å². The molecule has 3 N–H and O–H groups in total. The molecule has 0 aliphatic heterocycles. The SMILES string of the molecule is O=C(c1ccccc1)c1ccc(C(C(=O)O)C(=O)O)[nH]1. The van der Waals surface area contributed by atoms with Crippen LogP contribution < -0.4 is 0 Å². The molecule has 0 atom stereocenters. The van der Waals surface area contributed by atoms with Crippen molar-refractivity contribution >= 4 is 17.7 Å². The maximum absolute atomic E-state index is 12.1. The average molecular weight is 273 g/mol. The van der Waals surface area contributed by atoms with Crippen LogP contribution in [-0.4, -0.2) is 32.9 Å². The zero-order valence-electron chi connectivity index (χ0n) is 10.2. The average Bonchev–Trinajstić information content (AvgIpc) is 2.87. The van der Waals surface area contributed by atoms with E-state index in [0.29, 0.717) is 5.56 Å². The van der Waals surface area contributed by atoms with E-state index in [1.165, 1.54) is 12.1 Å². The molecular weight excluding hydrogens is 262 g/mol. The van der Waals surface area contributed by atoms with Gasteiger partial charge in [-0.3, -0.25) is 14.4 Å². The summed E-state index contributed by atoms with van der Waals surface area (Å²) >= 11 is 0. The molecule has 6 nitrogen and oxygen atoms in total. The van der Waals surface area contributed by atoms with E-state index < -0.39 is 17.9 Å². The lowest BCUT2D eigenvalue weighted by Crippen LogP contribution is -2.21. The van der Waals surface area contributed by atoms with E-state index >= 15 is 0 Å². The molecule has 0 aliphatic rings. The number of H-pyrrole nitrogens is 1. The Bertz CT molecular complexity index is 645. The van der Waals surface area contributed by atoms with Gasteiger partial charge in [0, 0.05) is 11.3 Å². The smallest absolute Gasteiger partial charge is 0.324 e. The second kappa shape index (κ2) is 5.40. The number of aromatic nitrogens is 1. The Hall–Kier alpha value is -2.89. The third-order valence-corrected chi connectivity index (χ3v) is 2.79. The maximum Gasteiger partial charge on any atom is 0.324 e. The standard InChI is InChI=1S/C14H11NO5/c16-12(8-4-2-1-3-5-8)10-7-6-9(15-10)11(13(17)18)14(19)20/h1-7,11,15H,(H,17,18)(H,19,20). The largest absolute Gasteiger partial charge is 0.480 e. The summed E-state index contributed by atoms with van der Waals surface area (Å²) in [6.07, 6.45) is 0. The Labute approximate surface area is 113 Å². The van der Waals surface area contributed by atoms with E-state index in [9.17, 15) is 14.4 Å². The van der Waals surface area contributed by atoms with Crippen LogP contribution in [0.5, 0.6) is 0 Å². The Morgan fingerprint density at radius 1 is 0.900 bits per heavy atom. The second-order valence-corrected chi connectivity index (χ2v) is 4.13. The number of ketones is 1. The summed E-state index contributed by atoms with van der Waals surface area (Å²) < 4.78 is 0. The van der Waals surface area contributed by atoms with Gasteiger partial charge < -0.3 is 15.2 Å². The van der Waals surface area contributed by atoms with E-state index in [1.54, 1.807) is 30.3 Å². The number of carbonyl (C=O) groups excluding carboxylic acids is 1. The summed E-state index contributed by atoms with van der Waals surface area (Å²) in [6, 6.07) is 11.1. The molecule has 0 spiro atoms. The number of rotatable bonds is 5. The summed E-state index contributed by atoms with van der Waals surface area (Å²) in [5.74, 6) is -5.02. The third-order valence-electron chi connectivity index (χ3n) is 2.79. The van der Waals surface area contributed by atoms with Crippen LogP contribution in [0.2, 0.25) is 0 Å². The van der Waals surface area contributed by atoms with Crippen LogP contribution in [0.3, 0.4) is 0 Å². The Morgan fingerprint density at radius 2 is 1.50 bits per heavy atom. The van der Waals surface area contributed by atoms with Gasteiger partial charge >= 0.3 is 11.9 Å². The molecule has 1 heterocycles. The van der Waals surface area contributed by atoms with Gasteiger partial charge in [-0.1, -0.05) is 30.3 Å². The molecule has 2 rings (SSSR count). The summed E-state index contributed by atoms with van der Waals surface area (Å²) in [5, 5.41) is 17.8. The molecule has 20 heavy (non-hydrogen) atoms. The summed E-state index contributed by atoms with van der Waals surface area (Å²) in [6.45, 7) is 0. The lowest BCUT2D eigenvalue weighted by molar-refractivity contribution is -0.150. The predicted octanol–water partition coefficient (Wildman–Crippen LogP) is 1.50. The molecule has 0 bridgehead atoms. The fourth-order valence-corrected chi connectivity index (χ4v) is 1.83. The molecule has 0 amide bonds. The van der Waals surface area contributed by atoms with E-state index in [2.05, 4.69) is 4.98 Å². The Kier molecular flexibility index (Phi) is 3.65. The zero-order valence-corrected chi connectivity index (χ0v) is 10.2. The van der Waals surface area contributed by atoms with Crippen LogP contribution >= 0.6 is 0 Å². The highest BCUT2D eigenvalue weighted by Crippen LogP contribution is 2.18. The summed E-state index contributed by atoms with van der Waals surface area (Å²) in [4.78, 5) is 36.5. The lowest BCUT2D eigenvalue weighted by atomic mass is 10.1. The fourth-order valence-electron chi connectivity index (χ4n) is 1.83. The van der Waals surface area contributed by atoms with Crippen molar-refractivity contribution in [2.75, 3.05) is 0 Å². The monoisotopic (exact) mass is 273 g/mol. The van der Waals surface area contributed by atoms with Crippen LogP contribution in [0.1, 0.15) is 27.7 Å². The first-order valence-electron chi connectivity index (χ1n) is 5.75. The van der Waals surface area contributed by atoms with Gasteiger partial charge in [0.15, 0.2) is 5.92 Å². The van der Waals surface area contributed by atoms with Gasteiger partial charge in [0.1, 0.15) is 0 Å². The number of carboxylic acids is 2. The number of hydrogen-bond donors (Lipinski definition) is 3. The summed E-state index contributed by atoms with van der Waals surface area (Å²) in [5.41, 5.74) is 0.547. The highest BCUT2D eigenvalue weighted by atomic mass is 16.4. The first-order chi connectivity index (χ1) is 9.50. The van der Waals surface area contributed by atoms with Gasteiger partial charge in [-0.05, 0) is 12.1 Å². The normalized spacial score (nSPS) is 10.4. The third kappa shape index (κ3) is 2.59. The minimum atomic E-state index is -1.72. The Morgan fingerprint density at radius 3 is 2.05 bits per heavy atom. The minimum absolute atomic E-state index is 0.0377. The zero-order chi connectivity index (χ0) is 14.7. The number of hydrogen-bond acceptors (Lipinski definition) is 3.